The summed E-state index contributed by atoms with van der Waals surface area (Å²) in [5.74, 6) is -3.59. The van der Waals surface area contributed by atoms with Gasteiger partial charge in [0.25, 0.3) is 0 Å². The molecule has 0 aromatic carbocycles. The van der Waals surface area contributed by atoms with Crippen LogP contribution in [-0.4, -0.2) is 53.4 Å². The zero-order valence-electron chi connectivity index (χ0n) is 9.03. The molecule has 0 radical (unpaired) electrons. The molecule has 0 aromatic rings. The highest BCUT2D eigenvalue weighted by molar-refractivity contribution is 5.87. The van der Waals surface area contributed by atoms with Gasteiger partial charge < -0.3 is 14.7 Å². The number of carboxylic acid groups (broad SMARTS) is 1. The molecule has 1 rings (SSSR count). The number of ether oxygens (including phenoxy) is 1. The van der Waals surface area contributed by atoms with E-state index >= 15 is 0 Å². The topological polar surface area (TPSA) is 66.8 Å². The summed E-state index contributed by atoms with van der Waals surface area (Å²) in [6.07, 6.45) is -5.84. The molecule has 17 heavy (non-hydrogen) atoms. The Bertz CT molecular complexity index is 318. The fraction of sp³-hybridized carbons (Fsp3) is 0.778. The van der Waals surface area contributed by atoms with E-state index in [1.54, 1.807) is 6.92 Å². The fourth-order valence-corrected chi connectivity index (χ4v) is 1.78. The molecule has 98 valence electrons. The van der Waals surface area contributed by atoms with Gasteiger partial charge in [0.15, 0.2) is 0 Å². The maximum Gasteiger partial charge on any atom is 0.471 e. The van der Waals surface area contributed by atoms with Crippen molar-refractivity contribution in [2.24, 2.45) is 0 Å². The van der Waals surface area contributed by atoms with E-state index in [-0.39, 0.29) is 19.6 Å². The molecule has 1 saturated heterocycles. The first-order valence-electron chi connectivity index (χ1n) is 4.99. The van der Waals surface area contributed by atoms with Crippen molar-refractivity contribution in [2.45, 2.75) is 31.7 Å². The number of carboxylic acids is 1. The van der Waals surface area contributed by atoms with Crippen molar-refractivity contribution in [1.29, 1.82) is 0 Å². The maximum absolute atomic E-state index is 12.2. The van der Waals surface area contributed by atoms with Crippen LogP contribution in [0.15, 0.2) is 0 Å². The van der Waals surface area contributed by atoms with Gasteiger partial charge >= 0.3 is 18.1 Å². The maximum atomic E-state index is 12.2. The predicted molar refractivity (Wildman–Crippen MR) is 49.2 cm³/mol. The fourth-order valence-electron chi connectivity index (χ4n) is 1.78. The van der Waals surface area contributed by atoms with Gasteiger partial charge in [-0.05, 0) is 6.92 Å². The average Bonchev–Trinajstić information content (AvgIpc) is 2.59. The highest BCUT2D eigenvalue weighted by Gasteiger charge is 2.50. The smallest absolute Gasteiger partial charge is 0.471 e. The van der Waals surface area contributed by atoms with Crippen LogP contribution in [0.1, 0.15) is 13.3 Å². The van der Waals surface area contributed by atoms with Crippen molar-refractivity contribution in [3.05, 3.63) is 0 Å². The van der Waals surface area contributed by atoms with Crippen LogP contribution in [0.4, 0.5) is 13.2 Å². The van der Waals surface area contributed by atoms with Crippen LogP contribution in [0.2, 0.25) is 0 Å². The van der Waals surface area contributed by atoms with Crippen LogP contribution in [0.3, 0.4) is 0 Å². The monoisotopic (exact) mass is 255 g/mol. The van der Waals surface area contributed by atoms with Gasteiger partial charge in [0.05, 0.1) is 6.10 Å². The van der Waals surface area contributed by atoms with Gasteiger partial charge in [0, 0.05) is 19.6 Å². The largest absolute Gasteiger partial charge is 0.480 e. The highest BCUT2D eigenvalue weighted by atomic mass is 19.4. The number of rotatable bonds is 3. The Kier molecular flexibility index (Phi) is 3.97. The van der Waals surface area contributed by atoms with Gasteiger partial charge in [-0.3, -0.25) is 4.79 Å². The van der Waals surface area contributed by atoms with E-state index in [1.165, 1.54) is 0 Å². The lowest BCUT2D eigenvalue weighted by molar-refractivity contribution is -0.188. The highest BCUT2D eigenvalue weighted by Crippen LogP contribution is 2.27. The molecule has 0 saturated carbocycles. The number of hydrogen-bond acceptors (Lipinski definition) is 3. The molecule has 5 nitrogen and oxygen atoms in total. The van der Waals surface area contributed by atoms with E-state index in [0.29, 0.717) is 4.90 Å². The van der Waals surface area contributed by atoms with Crippen molar-refractivity contribution in [3.8, 4) is 0 Å². The molecular weight excluding hydrogens is 243 g/mol. The summed E-state index contributed by atoms with van der Waals surface area (Å²) in [6, 6.07) is -1.47. The molecular formula is C9H12F3NO4. The van der Waals surface area contributed by atoms with E-state index in [1.807, 2.05) is 0 Å². The number of amides is 1. The van der Waals surface area contributed by atoms with Gasteiger partial charge in [0.2, 0.25) is 0 Å². The molecule has 1 aliphatic heterocycles. The van der Waals surface area contributed by atoms with E-state index in [4.69, 9.17) is 9.84 Å². The summed E-state index contributed by atoms with van der Waals surface area (Å²) in [7, 11) is 0. The lowest BCUT2D eigenvalue weighted by atomic mass is 10.2. The normalized spacial score (nSPS) is 25.1. The Morgan fingerprint density at radius 2 is 2.06 bits per heavy atom. The minimum absolute atomic E-state index is 0.120. The Hall–Kier alpha value is -1.31. The minimum atomic E-state index is -5.06. The van der Waals surface area contributed by atoms with Gasteiger partial charge in [-0.2, -0.15) is 13.2 Å². The molecule has 1 aliphatic rings. The molecule has 0 spiro atoms. The molecule has 0 unspecified atom stereocenters. The lowest BCUT2D eigenvalue weighted by Gasteiger charge is -2.22. The average molecular weight is 255 g/mol. The molecule has 8 heteroatoms. The number of hydrogen-bond donors (Lipinski definition) is 1. The van der Waals surface area contributed by atoms with Gasteiger partial charge in [-0.15, -0.1) is 0 Å². The molecule has 2 atom stereocenters. The van der Waals surface area contributed by atoms with E-state index in [9.17, 15) is 22.8 Å². The summed E-state index contributed by atoms with van der Waals surface area (Å²) < 4.78 is 41.7. The summed E-state index contributed by atoms with van der Waals surface area (Å²) >= 11 is 0. The third-order valence-corrected chi connectivity index (χ3v) is 2.45. The third kappa shape index (κ3) is 3.09. The second-order valence-corrected chi connectivity index (χ2v) is 3.62. The standard InChI is InChI=1S/C9H12F3NO4/c1-2-17-5-3-6(7(14)15)13(4-5)8(16)9(10,11)12/h5-6H,2-4H2,1H3,(H,14,15)/t5-,6+/m1/s1. The van der Waals surface area contributed by atoms with Crippen LogP contribution >= 0.6 is 0 Å². The minimum Gasteiger partial charge on any atom is -0.480 e. The molecule has 1 amide bonds. The first kappa shape index (κ1) is 13.8. The number of nitrogens with zero attached hydrogens (tertiary/aromatic N) is 1. The van der Waals surface area contributed by atoms with E-state index in [2.05, 4.69) is 0 Å². The molecule has 1 fully saturated rings. The number of aliphatic carboxylic acids is 1. The molecule has 0 aliphatic carbocycles. The number of carbonyl (C=O) groups is 2. The number of carbonyl (C=O) groups excluding carboxylic acids is 1. The molecule has 1 heterocycles. The van der Waals surface area contributed by atoms with Gasteiger partial charge in [-0.1, -0.05) is 0 Å². The second kappa shape index (κ2) is 4.91. The zero-order chi connectivity index (χ0) is 13.2. The Morgan fingerprint density at radius 1 is 1.47 bits per heavy atom. The quantitative estimate of drug-likeness (QED) is 0.803. The number of halogens is 3. The van der Waals surface area contributed by atoms with E-state index in [0.717, 1.165) is 0 Å². The Morgan fingerprint density at radius 3 is 2.47 bits per heavy atom. The molecule has 0 aromatic heterocycles. The summed E-state index contributed by atoms with van der Waals surface area (Å²) in [5.41, 5.74) is 0. The first-order valence-corrected chi connectivity index (χ1v) is 4.99. The molecule has 1 N–H and O–H groups in total. The van der Waals surface area contributed by atoms with Crippen LogP contribution in [0, 0.1) is 0 Å². The summed E-state index contributed by atoms with van der Waals surface area (Å²) in [5, 5.41) is 8.77. The van der Waals surface area contributed by atoms with Crippen molar-refractivity contribution in [2.75, 3.05) is 13.2 Å². The van der Waals surface area contributed by atoms with Crippen molar-refractivity contribution < 1.29 is 32.6 Å². The lowest BCUT2D eigenvalue weighted by Crippen LogP contribution is -2.47. The van der Waals surface area contributed by atoms with Crippen LogP contribution in [-0.2, 0) is 14.3 Å². The second-order valence-electron chi connectivity index (χ2n) is 3.62. The number of likely N-dealkylation sites (tertiary alicyclic amines) is 1. The summed E-state index contributed by atoms with van der Waals surface area (Å²) in [4.78, 5) is 22.1. The van der Waals surface area contributed by atoms with Crippen LogP contribution in [0.25, 0.3) is 0 Å². The Balaban J connectivity index is 2.82. The van der Waals surface area contributed by atoms with E-state index < -0.39 is 30.2 Å². The van der Waals surface area contributed by atoms with Gasteiger partial charge in [0.1, 0.15) is 6.04 Å². The number of alkyl halides is 3. The van der Waals surface area contributed by atoms with Crippen LogP contribution in [0.5, 0.6) is 0 Å². The van der Waals surface area contributed by atoms with Gasteiger partial charge in [-0.25, -0.2) is 4.79 Å². The van der Waals surface area contributed by atoms with Crippen molar-refractivity contribution in [3.63, 3.8) is 0 Å². The predicted octanol–water partition coefficient (Wildman–Crippen LogP) is 0.639. The van der Waals surface area contributed by atoms with Crippen molar-refractivity contribution >= 4 is 11.9 Å². The first-order chi connectivity index (χ1) is 7.77. The molecule has 0 bridgehead atoms. The third-order valence-electron chi connectivity index (χ3n) is 2.45. The SMILES string of the molecule is CCO[C@@H]1C[C@@H](C(=O)O)N(C(=O)C(F)(F)F)C1. The zero-order valence-corrected chi connectivity index (χ0v) is 9.03. The summed E-state index contributed by atoms with van der Waals surface area (Å²) in [6.45, 7) is 1.55. The Labute approximate surface area is 95.1 Å². The van der Waals surface area contributed by atoms with Crippen molar-refractivity contribution in [1.82, 2.24) is 4.90 Å². The van der Waals surface area contributed by atoms with Crippen LogP contribution < -0.4 is 0 Å².